The third-order valence-corrected chi connectivity index (χ3v) is 5.34. The number of benzene rings is 1. The van der Waals surface area contributed by atoms with Crippen LogP contribution in [0.5, 0.6) is 0 Å². The number of pyridine rings is 1. The first-order valence-electron chi connectivity index (χ1n) is 8.03. The zero-order valence-electron chi connectivity index (χ0n) is 14.1. The Balaban J connectivity index is 1.68. The Labute approximate surface area is 159 Å². The predicted molar refractivity (Wildman–Crippen MR) is 103 cm³/mol. The molecule has 0 aliphatic carbocycles. The van der Waals surface area contributed by atoms with Crippen molar-refractivity contribution in [3.05, 3.63) is 53.7 Å². The van der Waals surface area contributed by atoms with E-state index in [1.54, 1.807) is 42.2 Å². The molecule has 0 radical (unpaired) electrons. The molecule has 8 heteroatoms. The minimum Gasteiger partial charge on any atom is -0.321 e. The maximum absolute atomic E-state index is 12.4. The molecule has 6 nitrogen and oxygen atoms in total. The minimum atomic E-state index is -0.266. The molecule has 26 heavy (non-hydrogen) atoms. The van der Waals surface area contributed by atoms with E-state index in [0.717, 1.165) is 28.1 Å². The molecule has 0 atom stereocenters. The number of imide groups is 1. The maximum atomic E-state index is 12.4. The molecule has 0 bridgehead atoms. The Bertz CT molecular complexity index is 824. The zero-order valence-corrected chi connectivity index (χ0v) is 15.7. The summed E-state index contributed by atoms with van der Waals surface area (Å²) in [6, 6.07) is 10.6. The third kappa shape index (κ3) is 4.44. The molecule has 0 spiro atoms. The van der Waals surface area contributed by atoms with E-state index in [1.165, 1.54) is 4.90 Å². The lowest BCUT2D eigenvalue weighted by atomic mass is 10.1. The minimum absolute atomic E-state index is 0.177. The summed E-state index contributed by atoms with van der Waals surface area (Å²) >= 11 is 2.63. The van der Waals surface area contributed by atoms with Crippen LogP contribution in [-0.2, 0) is 11.3 Å². The lowest BCUT2D eigenvalue weighted by Crippen LogP contribution is -2.28. The van der Waals surface area contributed by atoms with Crippen LogP contribution in [0.1, 0.15) is 22.8 Å². The second kappa shape index (κ2) is 8.37. The maximum Gasteiger partial charge on any atom is 0.289 e. The zero-order chi connectivity index (χ0) is 18.5. The van der Waals surface area contributed by atoms with Gasteiger partial charge in [-0.1, -0.05) is 30.8 Å². The fourth-order valence-corrected chi connectivity index (χ4v) is 3.73. The first-order chi connectivity index (χ1) is 12.6. The number of carbonyl (C=O) groups excluding carboxylic acids is 3. The number of carbonyl (C=O) groups is 3. The summed E-state index contributed by atoms with van der Waals surface area (Å²) < 4.78 is 0. The lowest BCUT2D eigenvalue weighted by molar-refractivity contribution is -0.125. The van der Waals surface area contributed by atoms with Crippen LogP contribution < -0.4 is 5.32 Å². The summed E-state index contributed by atoms with van der Waals surface area (Å²) in [6.45, 7) is 2.23. The summed E-state index contributed by atoms with van der Waals surface area (Å²) in [4.78, 5) is 41.4. The standard InChI is InChI=1S/C18H17N3O3S2/c1-2-25-15-7-6-14(9-19-15)20-17(23)13-5-3-4-12(8-13)10-21-16(22)11-26-18(21)24/h3-9H,2,10-11H2,1H3,(H,20,23). The fourth-order valence-electron chi connectivity index (χ4n) is 2.42. The van der Waals surface area contributed by atoms with E-state index in [1.807, 2.05) is 12.1 Å². The van der Waals surface area contributed by atoms with Gasteiger partial charge in [0.15, 0.2) is 0 Å². The summed E-state index contributed by atoms with van der Waals surface area (Å²) in [5.74, 6) is 0.647. The van der Waals surface area contributed by atoms with Gasteiger partial charge in [-0.15, -0.1) is 11.8 Å². The lowest BCUT2D eigenvalue weighted by Gasteiger charge is -2.13. The van der Waals surface area contributed by atoms with Gasteiger partial charge in [-0.25, -0.2) is 4.98 Å². The highest BCUT2D eigenvalue weighted by molar-refractivity contribution is 8.14. The highest BCUT2D eigenvalue weighted by Gasteiger charge is 2.29. The van der Waals surface area contributed by atoms with E-state index in [4.69, 9.17) is 0 Å². The van der Waals surface area contributed by atoms with Crippen molar-refractivity contribution in [3.63, 3.8) is 0 Å². The predicted octanol–water partition coefficient (Wildman–Crippen LogP) is 3.64. The highest BCUT2D eigenvalue weighted by atomic mass is 32.2. The number of hydrogen-bond acceptors (Lipinski definition) is 6. The van der Waals surface area contributed by atoms with E-state index in [-0.39, 0.29) is 29.4 Å². The Hall–Kier alpha value is -2.32. The van der Waals surface area contributed by atoms with Crippen molar-refractivity contribution in [3.8, 4) is 0 Å². The molecule has 3 amide bonds. The molecular formula is C18H17N3O3S2. The third-order valence-electron chi connectivity index (χ3n) is 3.66. The molecule has 3 rings (SSSR count). The first-order valence-corrected chi connectivity index (χ1v) is 10.00. The molecule has 0 saturated carbocycles. The van der Waals surface area contributed by atoms with Gasteiger partial charge in [0, 0.05) is 5.56 Å². The highest BCUT2D eigenvalue weighted by Crippen LogP contribution is 2.22. The SMILES string of the molecule is CCSc1ccc(NC(=O)c2cccc(CN3C(=O)CSC3=O)c2)cn1. The second-order valence-electron chi connectivity index (χ2n) is 5.51. The van der Waals surface area contributed by atoms with Gasteiger partial charge in [-0.2, -0.15) is 0 Å². The monoisotopic (exact) mass is 387 g/mol. The van der Waals surface area contributed by atoms with Crippen molar-refractivity contribution < 1.29 is 14.4 Å². The Kier molecular flexibility index (Phi) is 5.95. The van der Waals surface area contributed by atoms with Gasteiger partial charge in [-0.3, -0.25) is 19.3 Å². The molecule has 1 fully saturated rings. The van der Waals surface area contributed by atoms with Gasteiger partial charge in [-0.05, 0) is 35.6 Å². The number of thioether (sulfide) groups is 2. The van der Waals surface area contributed by atoms with E-state index in [0.29, 0.717) is 11.3 Å². The summed E-state index contributed by atoms with van der Waals surface area (Å²) in [5.41, 5.74) is 1.80. The quantitative estimate of drug-likeness (QED) is 0.763. The number of rotatable bonds is 6. The summed E-state index contributed by atoms with van der Waals surface area (Å²) in [5, 5.41) is 3.46. The van der Waals surface area contributed by atoms with Crippen molar-refractivity contribution in [2.24, 2.45) is 0 Å². The molecular weight excluding hydrogens is 370 g/mol. The number of amides is 3. The van der Waals surface area contributed by atoms with Crippen LogP contribution in [0.4, 0.5) is 10.5 Å². The van der Waals surface area contributed by atoms with Crippen LogP contribution in [0.25, 0.3) is 0 Å². The summed E-state index contributed by atoms with van der Waals surface area (Å²) in [6.07, 6.45) is 1.62. The van der Waals surface area contributed by atoms with E-state index in [9.17, 15) is 14.4 Å². The van der Waals surface area contributed by atoms with Crippen molar-refractivity contribution >= 4 is 46.3 Å². The van der Waals surface area contributed by atoms with Crippen LogP contribution in [0.2, 0.25) is 0 Å². The smallest absolute Gasteiger partial charge is 0.289 e. The van der Waals surface area contributed by atoms with Gasteiger partial charge in [0.2, 0.25) is 5.91 Å². The number of anilines is 1. The molecule has 2 aromatic rings. The van der Waals surface area contributed by atoms with Crippen LogP contribution in [-0.4, -0.2) is 38.4 Å². The Morgan fingerprint density at radius 2 is 2.15 bits per heavy atom. The van der Waals surface area contributed by atoms with E-state index >= 15 is 0 Å². The average molecular weight is 387 g/mol. The molecule has 1 aliphatic heterocycles. The van der Waals surface area contributed by atoms with Crippen LogP contribution in [0.15, 0.2) is 47.6 Å². The Morgan fingerprint density at radius 3 is 2.81 bits per heavy atom. The number of hydrogen-bond donors (Lipinski definition) is 1. The van der Waals surface area contributed by atoms with Gasteiger partial charge >= 0.3 is 0 Å². The molecule has 1 aromatic heterocycles. The van der Waals surface area contributed by atoms with Crippen molar-refractivity contribution in [1.29, 1.82) is 0 Å². The summed E-state index contributed by atoms with van der Waals surface area (Å²) in [7, 11) is 0. The molecule has 0 unspecified atom stereocenters. The van der Waals surface area contributed by atoms with Gasteiger partial charge < -0.3 is 5.32 Å². The molecule has 134 valence electrons. The first kappa shape index (κ1) is 18.5. The van der Waals surface area contributed by atoms with E-state index in [2.05, 4.69) is 17.2 Å². The van der Waals surface area contributed by atoms with E-state index < -0.39 is 0 Å². The molecule has 1 aliphatic rings. The normalized spacial score (nSPS) is 14.0. The average Bonchev–Trinajstić information content (AvgIpc) is 2.96. The molecule has 2 heterocycles. The molecule has 1 N–H and O–H groups in total. The van der Waals surface area contributed by atoms with Gasteiger partial charge in [0.1, 0.15) is 0 Å². The Morgan fingerprint density at radius 1 is 1.31 bits per heavy atom. The number of nitrogens with zero attached hydrogens (tertiary/aromatic N) is 2. The number of aromatic nitrogens is 1. The second-order valence-corrected chi connectivity index (χ2v) is 7.72. The van der Waals surface area contributed by atoms with Crippen LogP contribution in [0, 0.1) is 0 Å². The van der Waals surface area contributed by atoms with Gasteiger partial charge in [0.25, 0.3) is 11.1 Å². The largest absolute Gasteiger partial charge is 0.321 e. The van der Waals surface area contributed by atoms with Crippen molar-refractivity contribution in [1.82, 2.24) is 9.88 Å². The number of nitrogens with one attached hydrogen (secondary N) is 1. The van der Waals surface area contributed by atoms with Crippen LogP contribution in [0.3, 0.4) is 0 Å². The molecule has 1 aromatic carbocycles. The van der Waals surface area contributed by atoms with Crippen molar-refractivity contribution in [2.75, 3.05) is 16.8 Å². The molecule has 1 saturated heterocycles. The topological polar surface area (TPSA) is 79.4 Å². The van der Waals surface area contributed by atoms with Crippen LogP contribution >= 0.6 is 23.5 Å². The van der Waals surface area contributed by atoms with Gasteiger partial charge in [0.05, 0.1) is 29.2 Å². The fraction of sp³-hybridized carbons (Fsp3) is 0.222. The van der Waals surface area contributed by atoms with Crippen molar-refractivity contribution in [2.45, 2.75) is 18.5 Å².